The molecule has 0 saturated carbocycles. The molecule has 2 aromatic carbocycles. The molecule has 0 spiro atoms. The second-order valence-electron chi connectivity index (χ2n) is 6.88. The van der Waals surface area contributed by atoms with Crippen molar-refractivity contribution in [2.24, 2.45) is 0 Å². The van der Waals surface area contributed by atoms with E-state index >= 15 is 0 Å². The van der Waals surface area contributed by atoms with Crippen LogP contribution < -0.4 is 24.8 Å². The number of carbonyl (C=O) groups excluding carboxylic acids is 2. The maximum Gasteiger partial charge on any atom is 0.231 e. The molecule has 9 heteroatoms. The summed E-state index contributed by atoms with van der Waals surface area (Å²) in [5, 5.41) is 7.98. The second kappa shape index (κ2) is 9.05. The molecule has 1 aliphatic heterocycles. The van der Waals surface area contributed by atoms with Crippen LogP contribution >= 0.6 is 11.3 Å². The first-order valence-electron chi connectivity index (χ1n) is 9.58. The van der Waals surface area contributed by atoms with Crippen LogP contribution in [0.25, 0.3) is 11.3 Å². The zero-order valence-corrected chi connectivity index (χ0v) is 17.8. The Hall–Kier alpha value is -3.59. The van der Waals surface area contributed by atoms with Crippen LogP contribution in [0.3, 0.4) is 0 Å². The second-order valence-corrected chi connectivity index (χ2v) is 7.74. The average Bonchev–Trinajstić information content (AvgIpc) is 3.41. The molecular formula is C22H21N3O5S. The van der Waals surface area contributed by atoms with Crippen LogP contribution in [0, 0.1) is 0 Å². The first-order chi connectivity index (χ1) is 15.0. The van der Waals surface area contributed by atoms with Gasteiger partial charge in [0, 0.05) is 17.9 Å². The molecule has 2 N–H and O–H groups in total. The smallest absolute Gasteiger partial charge is 0.231 e. The van der Waals surface area contributed by atoms with E-state index in [0.29, 0.717) is 22.4 Å². The maximum atomic E-state index is 12.6. The van der Waals surface area contributed by atoms with Gasteiger partial charge in [-0.05, 0) is 35.9 Å². The van der Waals surface area contributed by atoms with Crippen molar-refractivity contribution in [1.82, 2.24) is 10.3 Å². The number of hydrogen-bond donors (Lipinski definition) is 2. The Balaban J connectivity index is 1.43. The molecule has 0 radical (unpaired) electrons. The number of thiazole rings is 1. The Bertz CT molecular complexity index is 1100. The summed E-state index contributed by atoms with van der Waals surface area (Å²) >= 11 is 1.33. The van der Waals surface area contributed by atoms with Gasteiger partial charge in [-0.25, -0.2) is 4.98 Å². The zero-order valence-electron chi connectivity index (χ0n) is 17.0. The molecule has 0 saturated heterocycles. The van der Waals surface area contributed by atoms with Gasteiger partial charge in [-0.3, -0.25) is 9.59 Å². The van der Waals surface area contributed by atoms with Gasteiger partial charge in [-0.1, -0.05) is 12.1 Å². The first kappa shape index (κ1) is 20.7. The molecule has 0 fully saturated rings. The Morgan fingerprint density at radius 3 is 2.68 bits per heavy atom. The average molecular weight is 439 g/mol. The Kier molecular flexibility index (Phi) is 6.03. The summed E-state index contributed by atoms with van der Waals surface area (Å²) in [4.78, 5) is 28.8. The minimum absolute atomic E-state index is 0.0743. The third kappa shape index (κ3) is 4.95. The quantitative estimate of drug-likeness (QED) is 0.582. The molecule has 1 aromatic heterocycles. The molecule has 0 bridgehead atoms. The van der Waals surface area contributed by atoms with Crippen molar-refractivity contribution in [3.05, 3.63) is 53.4 Å². The summed E-state index contributed by atoms with van der Waals surface area (Å²) in [7, 11) is 1.58. The summed E-state index contributed by atoms with van der Waals surface area (Å²) < 4.78 is 15.9. The van der Waals surface area contributed by atoms with Gasteiger partial charge in [-0.15, -0.1) is 11.3 Å². The number of anilines is 1. The van der Waals surface area contributed by atoms with E-state index in [9.17, 15) is 9.59 Å². The predicted molar refractivity (Wildman–Crippen MR) is 116 cm³/mol. The van der Waals surface area contributed by atoms with Gasteiger partial charge in [0.15, 0.2) is 16.6 Å². The summed E-state index contributed by atoms with van der Waals surface area (Å²) in [6.45, 7) is 1.63. The number of nitrogens with zero attached hydrogens (tertiary/aromatic N) is 1. The SMILES string of the molecule is COc1ccc([C@H](CC(=O)Nc2nc(-c3ccc4c(c3)OCO4)cs2)NC(C)=O)cc1. The first-order valence-corrected chi connectivity index (χ1v) is 10.5. The summed E-state index contributed by atoms with van der Waals surface area (Å²) in [5.74, 6) is 1.62. The normalized spacial score (nSPS) is 12.8. The largest absolute Gasteiger partial charge is 0.497 e. The Labute approximate surface area is 183 Å². The minimum Gasteiger partial charge on any atom is -0.497 e. The van der Waals surface area contributed by atoms with Gasteiger partial charge in [0.05, 0.1) is 25.3 Å². The molecule has 0 unspecified atom stereocenters. The Morgan fingerprint density at radius 2 is 1.94 bits per heavy atom. The van der Waals surface area contributed by atoms with Crippen LogP contribution in [0.1, 0.15) is 24.9 Å². The number of carbonyl (C=O) groups is 2. The number of fused-ring (bicyclic) bond motifs is 1. The van der Waals surface area contributed by atoms with Gasteiger partial charge in [0.1, 0.15) is 5.75 Å². The fourth-order valence-corrected chi connectivity index (χ4v) is 3.94. The molecular weight excluding hydrogens is 418 g/mol. The van der Waals surface area contributed by atoms with Crippen LogP contribution in [-0.2, 0) is 9.59 Å². The number of ether oxygens (including phenoxy) is 3. The van der Waals surface area contributed by atoms with Crippen molar-refractivity contribution in [3.8, 4) is 28.5 Å². The highest BCUT2D eigenvalue weighted by Crippen LogP contribution is 2.36. The monoisotopic (exact) mass is 439 g/mol. The number of benzene rings is 2. The molecule has 1 aliphatic rings. The van der Waals surface area contributed by atoms with Crippen LogP contribution in [-0.4, -0.2) is 30.7 Å². The van der Waals surface area contributed by atoms with E-state index in [0.717, 1.165) is 16.8 Å². The van der Waals surface area contributed by atoms with Gasteiger partial charge < -0.3 is 24.8 Å². The number of nitrogens with one attached hydrogen (secondary N) is 2. The van der Waals surface area contributed by atoms with Gasteiger partial charge in [0.2, 0.25) is 18.6 Å². The lowest BCUT2D eigenvalue weighted by atomic mass is 10.0. The summed E-state index contributed by atoms with van der Waals surface area (Å²) in [5.41, 5.74) is 2.41. The minimum atomic E-state index is -0.461. The molecule has 2 amide bonds. The lowest BCUT2D eigenvalue weighted by Gasteiger charge is -2.18. The predicted octanol–water partition coefficient (Wildman–Crippen LogP) is 3.75. The highest BCUT2D eigenvalue weighted by Gasteiger charge is 2.19. The third-order valence-corrected chi connectivity index (χ3v) is 5.46. The summed E-state index contributed by atoms with van der Waals surface area (Å²) in [6, 6.07) is 12.4. The molecule has 160 valence electrons. The lowest BCUT2D eigenvalue weighted by Crippen LogP contribution is -2.29. The Morgan fingerprint density at radius 1 is 1.16 bits per heavy atom. The molecule has 0 aliphatic carbocycles. The van der Waals surface area contributed by atoms with Crippen molar-refractivity contribution in [2.45, 2.75) is 19.4 Å². The van der Waals surface area contributed by atoms with Crippen LogP contribution in [0.15, 0.2) is 47.8 Å². The van der Waals surface area contributed by atoms with Crippen molar-refractivity contribution in [3.63, 3.8) is 0 Å². The van der Waals surface area contributed by atoms with Gasteiger partial charge in [-0.2, -0.15) is 0 Å². The van der Waals surface area contributed by atoms with E-state index in [1.54, 1.807) is 19.2 Å². The number of amides is 2. The third-order valence-electron chi connectivity index (χ3n) is 4.70. The maximum absolute atomic E-state index is 12.6. The van der Waals surface area contributed by atoms with Crippen molar-refractivity contribution in [1.29, 1.82) is 0 Å². The molecule has 2 heterocycles. The topological polar surface area (TPSA) is 98.8 Å². The fourth-order valence-electron chi connectivity index (χ4n) is 3.21. The van der Waals surface area contributed by atoms with Crippen LogP contribution in [0.4, 0.5) is 5.13 Å². The van der Waals surface area contributed by atoms with Crippen LogP contribution in [0.5, 0.6) is 17.2 Å². The standard InChI is InChI=1S/C22H21N3O5S/c1-13(26)23-17(14-3-6-16(28-2)7-4-14)10-21(27)25-22-24-18(11-31-22)15-5-8-19-20(9-15)30-12-29-19/h3-9,11,17H,10,12H2,1-2H3,(H,23,26)(H,24,25,27)/t17-/m0/s1. The van der Waals surface area contributed by atoms with E-state index in [4.69, 9.17) is 14.2 Å². The van der Waals surface area contributed by atoms with Crippen molar-refractivity contribution < 1.29 is 23.8 Å². The van der Waals surface area contributed by atoms with E-state index < -0.39 is 6.04 Å². The number of aromatic nitrogens is 1. The number of rotatable bonds is 7. The molecule has 4 rings (SSSR count). The number of hydrogen-bond acceptors (Lipinski definition) is 7. The van der Waals surface area contributed by atoms with E-state index in [-0.39, 0.29) is 25.0 Å². The molecule has 31 heavy (non-hydrogen) atoms. The molecule has 3 aromatic rings. The zero-order chi connectivity index (χ0) is 21.8. The lowest BCUT2D eigenvalue weighted by molar-refractivity contribution is -0.120. The van der Waals surface area contributed by atoms with E-state index in [2.05, 4.69) is 15.6 Å². The van der Waals surface area contributed by atoms with Crippen LogP contribution in [0.2, 0.25) is 0 Å². The summed E-state index contributed by atoms with van der Waals surface area (Å²) in [6.07, 6.45) is 0.0743. The molecule has 8 nitrogen and oxygen atoms in total. The fraction of sp³-hybridized carbons (Fsp3) is 0.227. The van der Waals surface area contributed by atoms with Gasteiger partial charge in [0.25, 0.3) is 0 Å². The highest BCUT2D eigenvalue weighted by molar-refractivity contribution is 7.14. The number of methoxy groups -OCH3 is 1. The van der Waals surface area contributed by atoms with E-state index in [1.165, 1.54) is 18.3 Å². The van der Waals surface area contributed by atoms with Crippen molar-refractivity contribution >= 4 is 28.3 Å². The molecule has 1 atom stereocenters. The van der Waals surface area contributed by atoms with Gasteiger partial charge >= 0.3 is 0 Å². The van der Waals surface area contributed by atoms with Crippen molar-refractivity contribution in [2.75, 3.05) is 19.2 Å². The highest BCUT2D eigenvalue weighted by atomic mass is 32.1. The van der Waals surface area contributed by atoms with E-state index in [1.807, 2.05) is 35.7 Å².